The van der Waals surface area contributed by atoms with Crippen molar-refractivity contribution in [2.45, 2.75) is 32.2 Å². The third-order valence-corrected chi connectivity index (χ3v) is 5.43. The fraction of sp³-hybridized carbons (Fsp3) is 0.579. The Morgan fingerprint density at radius 2 is 2.19 bits per heavy atom. The number of aromatic nitrogens is 1. The molecule has 3 rings (SSSR count). The second-order valence-electron chi connectivity index (χ2n) is 7.38. The molecule has 0 radical (unpaired) electrons. The number of amides is 3. The Morgan fingerprint density at radius 1 is 1.33 bits per heavy atom. The number of ether oxygens (including phenoxy) is 1. The lowest BCUT2D eigenvalue weighted by atomic mass is 9.73. The minimum atomic E-state index is -0.610. The summed E-state index contributed by atoms with van der Waals surface area (Å²) in [5.41, 5.74) is 0.934. The molecule has 1 spiro atoms. The van der Waals surface area contributed by atoms with Crippen molar-refractivity contribution in [2.75, 3.05) is 33.3 Å². The van der Waals surface area contributed by atoms with Gasteiger partial charge in [-0.2, -0.15) is 0 Å². The van der Waals surface area contributed by atoms with Crippen molar-refractivity contribution < 1.29 is 19.1 Å². The molecule has 2 fully saturated rings. The van der Waals surface area contributed by atoms with Crippen LogP contribution in [-0.2, 0) is 20.9 Å². The first-order valence-electron chi connectivity index (χ1n) is 9.28. The number of carbonyl (C=O) groups is 3. The maximum Gasteiger partial charge on any atom is 0.407 e. The number of hydrogen-bond donors (Lipinski definition) is 1. The summed E-state index contributed by atoms with van der Waals surface area (Å²) in [6, 6.07) is 3.84. The Balaban J connectivity index is 1.63. The first-order valence-corrected chi connectivity index (χ1v) is 9.28. The van der Waals surface area contributed by atoms with Crippen LogP contribution in [0.5, 0.6) is 0 Å². The van der Waals surface area contributed by atoms with Crippen molar-refractivity contribution >= 4 is 17.9 Å². The Labute approximate surface area is 158 Å². The molecule has 3 amide bonds. The molecular formula is C19H26N4O4. The Morgan fingerprint density at radius 3 is 2.93 bits per heavy atom. The number of pyridine rings is 1. The maximum atomic E-state index is 12.4. The molecule has 8 heteroatoms. The van der Waals surface area contributed by atoms with E-state index in [0.717, 1.165) is 24.8 Å². The van der Waals surface area contributed by atoms with E-state index in [9.17, 15) is 14.4 Å². The van der Waals surface area contributed by atoms with Crippen molar-refractivity contribution in [1.82, 2.24) is 20.1 Å². The molecule has 0 unspecified atom stereocenters. The number of nitrogens with zero attached hydrogens (tertiary/aromatic N) is 3. The van der Waals surface area contributed by atoms with Gasteiger partial charge in [0.05, 0.1) is 7.11 Å². The van der Waals surface area contributed by atoms with Gasteiger partial charge in [0.2, 0.25) is 11.8 Å². The summed E-state index contributed by atoms with van der Waals surface area (Å²) in [4.78, 5) is 43.9. The molecule has 2 saturated heterocycles. The molecule has 1 atom stereocenters. The summed E-state index contributed by atoms with van der Waals surface area (Å²) in [6.45, 7) is 2.42. The van der Waals surface area contributed by atoms with Gasteiger partial charge in [-0.3, -0.25) is 14.6 Å². The zero-order valence-corrected chi connectivity index (χ0v) is 15.6. The highest BCUT2D eigenvalue weighted by Crippen LogP contribution is 2.39. The van der Waals surface area contributed by atoms with Gasteiger partial charge in [0.25, 0.3) is 0 Å². The van der Waals surface area contributed by atoms with E-state index in [0.29, 0.717) is 32.6 Å². The molecule has 27 heavy (non-hydrogen) atoms. The van der Waals surface area contributed by atoms with E-state index >= 15 is 0 Å². The predicted molar refractivity (Wildman–Crippen MR) is 97.5 cm³/mol. The molecule has 2 aliphatic rings. The summed E-state index contributed by atoms with van der Waals surface area (Å²) in [5, 5.41) is 2.45. The summed E-state index contributed by atoms with van der Waals surface area (Å²) < 4.78 is 4.51. The number of alkyl carbamates (subject to hydrolysis) is 1. The monoisotopic (exact) mass is 374 g/mol. The van der Waals surface area contributed by atoms with Gasteiger partial charge in [0, 0.05) is 50.4 Å². The summed E-state index contributed by atoms with van der Waals surface area (Å²) >= 11 is 0. The van der Waals surface area contributed by atoms with Crippen LogP contribution in [-0.4, -0.2) is 66.0 Å². The zero-order chi connectivity index (χ0) is 19.3. The van der Waals surface area contributed by atoms with Gasteiger partial charge in [-0.25, -0.2) is 4.79 Å². The van der Waals surface area contributed by atoms with Gasteiger partial charge in [-0.15, -0.1) is 0 Å². The van der Waals surface area contributed by atoms with E-state index in [1.165, 1.54) is 7.11 Å². The fourth-order valence-electron chi connectivity index (χ4n) is 4.04. The molecule has 0 aliphatic carbocycles. The van der Waals surface area contributed by atoms with Crippen LogP contribution in [0.15, 0.2) is 24.5 Å². The number of piperidine rings is 2. The third-order valence-electron chi connectivity index (χ3n) is 5.43. The summed E-state index contributed by atoms with van der Waals surface area (Å²) in [6.07, 6.45) is 6.09. The lowest BCUT2D eigenvalue weighted by Gasteiger charge is -2.48. The second kappa shape index (κ2) is 8.37. The Kier molecular flexibility index (Phi) is 5.93. The minimum Gasteiger partial charge on any atom is -0.453 e. The number of likely N-dealkylation sites (tertiary alicyclic amines) is 2. The smallest absolute Gasteiger partial charge is 0.407 e. The van der Waals surface area contributed by atoms with Crippen LogP contribution in [0.3, 0.4) is 0 Å². The quantitative estimate of drug-likeness (QED) is 0.854. The van der Waals surface area contributed by atoms with Gasteiger partial charge in [0.1, 0.15) is 6.54 Å². The Hall–Kier alpha value is -2.64. The van der Waals surface area contributed by atoms with Crippen LogP contribution in [0, 0.1) is 5.41 Å². The largest absolute Gasteiger partial charge is 0.453 e. The van der Waals surface area contributed by atoms with Crippen LogP contribution < -0.4 is 5.32 Å². The molecule has 1 aromatic rings. The molecule has 0 saturated carbocycles. The molecule has 0 bridgehead atoms. The Bertz CT molecular complexity index is 696. The van der Waals surface area contributed by atoms with E-state index < -0.39 is 6.09 Å². The topological polar surface area (TPSA) is 91.8 Å². The van der Waals surface area contributed by atoms with E-state index in [4.69, 9.17) is 0 Å². The average Bonchev–Trinajstić information content (AvgIpc) is 2.69. The first kappa shape index (κ1) is 19.1. The van der Waals surface area contributed by atoms with Gasteiger partial charge in [0.15, 0.2) is 0 Å². The maximum absolute atomic E-state index is 12.4. The molecule has 1 N–H and O–H groups in total. The summed E-state index contributed by atoms with van der Waals surface area (Å²) in [5.74, 6) is 0.0375. The van der Waals surface area contributed by atoms with Crippen LogP contribution in [0.2, 0.25) is 0 Å². The molecule has 8 nitrogen and oxygen atoms in total. The van der Waals surface area contributed by atoms with Gasteiger partial charge in [-0.1, -0.05) is 6.07 Å². The van der Waals surface area contributed by atoms with Crippen molar-refractivity contribution in [3.05, 3.63) is 30.1 Å². The number of hydrogen-bond acceptors (Lipinski definition) is 5. The van der Waals surface area contributed by atoms with E-state index in [2.05, 4.69) is 15.0 Å². The SMILES string of the molecule is COC(=O)NCC(=O)N1CCC[C@]2(CCC(=O)N(Cc3cccnc3)C2)C1. The van der Waals surface area contributed by atoms with E-state index in [1.54, 1.807) is 17.3 Å². The van der Waals surface area contributed by atoms with Crippen molar-refractivity contribution in [1.29, 1.82) is 0 Å². The third kappa shape index (κ3) is 4.75. The van der Waals surface area contributed by atoms with Crippen molar-refractivity contribution in [3.63, 3.8) is 0 Å². The number of rotatable bonds is 4. The van der Waals surface area contributed by atoms with Gasteiger partial charge >= 0.3 is 6.09 Å². The van der Waals surface area contributed by atoms with Crippen LogP contribution in [0.4, 0.5) is 4.79 Å². The van der Waals surface area contributed by atoms with E-state index in [-0.39, 0.29) is 23.8 Å². The fourth-order valence-corrected chi connectivity index (χ4v) is 4.04. The highest BCUT2D eigenvalue weighted by molar-refractivity contribution is 5.82. The first-order chi connectivity index (χ1) is 13.0. The number of carbonyl (C=O) groups excluding carboxylic acids is 3. The molecule has 1 aromatic heterocycles. The lowest BCUT2D eigenvalue weighted by Crippen LogP contribution is -2.55. The number of methoxy groups -OCH3 is 1. The molecule has 3 heterocycles. The minimum absolute atomic E-state index is 0.0684. The lowest BCUT2D eigenvalue weighted by molar-refractivity contribution is -0.143. The zero-order valence-electron chi connectivity index (χ0n) is 15.6. The van der Waals surface area contributed by atoms with Crippen LogP contribution in [0.25, 0.3) is 0 Å². The van der Waals surface area contributed by atoms with Gasteiger partial charge < -0.3 is 19.9 Å². The van der Waals surface area contributed by atoms with Crippen molar-refractivity contribution in [3.8, 4) is 0 Å². The molecule has 146 valence electrons. The summed E-state index contributed by atoms with van der Waals surface area (Å²) in [7, 11) is 1.27. The van der Waals surface area contributed by atoms with Crippen LogP contribution in [0.1, 0.15) is 31.2 Å². The molecular weight excluding hydrogens is 348 g/mol. The predicted octanol–water partition coefficient (Wildman–Crippen LogP) is 1.17. The standard InChI is InChI=1S/C19H26N4O4/c1-27-18(26)21-11-17(25)22-9-3-6-19(13-22)7-5-16(24)23(14-19)12-15-4-2-8-20-10-15/h2,4,8,10H,3,5-7,9,11-14H2,1H3,(H,21,26)/t19-/m0/s1. The van der Waals surface area contributed by atoms with E-state index in [1.807, 2.05) is 17.0 Å². The highest BCUT2D eigenvalue weighted by atomic mass is 16.5. The van der Waals surface area contributed by atoms with Crippen LogP contribution >= 0.6 is 0 Å². The average molecular weight is 374 g/mol. The molecule has 2 aliphatic heterocycles. The normalized spacial score (nSPS) is 22.6. The van der Waals surface area contributed by atoms with Gasteiger partial charge in [-0.05, 0) is 30.9 Å². The highest BCUT2D eigenvalue weighted by Gasteiger charge is 2.42. The van der Waals surface area contributed by atoms with Crippen molar-refractivity contribution in [2.24, 2.45) is 5.41 Å². The molecule has 0 aromatic carbocycles. The second-order valence-corrected chi connectivity index (χ2v) is 7.38. The number of nitrogens with one attached hydrogen (secondary N) is 1.